The molecule has 0 aliphatic carbocycles. The van der Waals surface area contributed by atoms with Crippen LogP contribution in [-0.2, 0) is 0 Å². The molecule has 0 spiro atoms. The molecule has 0 N–H and O–H groups in total. The first-order valence-corrected chi connectivity index (χ1v) is 6.88. The maximum absolute atomic E-state index is 6.55. The number of rotatable bonds is 3. The van der Waals surface area contributed by atoms with Crippen LogP contribution in [0.15, 0.2) is 36.4 Å². The van der Waals surface area contributed by atoms with Crippen molar-refractivity contribution < 1.29 is 4.74 Å². The minimum absolute atomic E-state index is 0.253. The summed E-state index contributed by atoms with van der Waals surface area (Å²) < 4.78 is 5.15. The molecule has 2 aromatic carbocycles. The van der Waals surface area contributed by atoms with E-state index in [2.05, 4.69) is 32.0 Å². The van der Waals surface area contributed by atoms with E-state index in [1.54, 1.807) is 13.2 Å². The van der Waals surface area contributed by atoms with Gasteiger partial charge < -0.3 is 4.74 Å². The minimum Gasteiger partial charge on any atom is -0.497 e. The van der Waals surface area contributed by atoms with E-state index in [0.717, 1.165) is 16.9 Å². The Morgan fingerprint density at radius 1 is 1.00 bits per heavy atom. The summed E-state index contributed by atoms with van der Waals surface area (Å²) in [5.41, 5.74) is 4.36. The lowest BCUT2D eigenvalue weighted by molar-refractivity contribution is 0.414. The van der Waals surface area contributed by atoms with Crippen LogP contribution in [0.2, 0.25) is 5.02 Å². The second-order valence-corrected chi connectivity index (χ2v) is 5.51. The molecule has 0 bridgehead atoms. The van der Waals surface area contributed by atoms with Crippen molar-refractivity contribution in [3.63, 3.8) is 0 Å². The Hall–Kier alpha value is -1.18. The third kappa shape index (κ3) is 3.23. The van der Waals surface area contributed by atoms with Gasteiger partial charge in [0, 0.05) is 5.02 Å². The van der Waals surface area contributed by atoms with Gasteiger partial charge in [-0.3, -0.25) is 0 Å². The quantitative estimate of drug-likeness (QED) is 0.699. The Morgan fingerprint density at radius 3 is 2.16 bits per heavy atom. The van der Waals surface area contributed by atoms with E-state index in [1.165, 1.54) is 11.1 Å². The second kappa shape index (κ2) is 5.85. The summed E-state index contributed by atoms with van der Waals surface area (Å²) in [6.07, 6.45) is 0. The average Bonchev–Trinajstić information content (AvgIpc) is 2.36. The third-order valence-electron chi connectivity index (χ3n) is 3.02. The first kappa shape index (κ1) is 14.2. The van der Waals surface area contributed by atoms with Gasteiger partial charge in [0.05, 0.1) is 12.5 Å². The van der Waals surface area contributed by atoms with Crippen LogP contribution in [0.1, 0.15) is 27.6 Å². The standard InChI is InChI=1S/C16H16Cl2O/c1-10-6-11(2)8-12(7-10)16(18)14-5-4-13(19-3)9-15(14)17/h4-9,16H,1-3H3. The Morgan fingerprint density at radius 2 is 1.63 bits per heavy atom. The van der Waals surface area contributed by atoms with Crippen LogP contribution in [0.3, 0.4) is 0 Å². The molecule has 3 heteroatoms. The van der Waals surface area contributed by atoms with E-state index in [-0.39, 0.29) is 5.38 Å². The number of halogens is 2. The van der Waals surface area contributed by atoms with Gasteiger partial charge in [0.2, 0.25) is 0 Å². The maximum Gasteiger partial charge on any atom is 0.120 e. The molecule has 1 unspecified atom stereocenters. The second-order valence-electron chi connectivity index (χ2n) is 4.67. The van der Waals surface area contributed by atoms with Crippen molar-refractivity contribution in [2.45, 2.75) is 19.2 Å². The first-order valence-electron chi connectivity index (χ1n) is 6.07. The number of benzene rings is 2. The summed E-state index contributed by atoms with van der Waals surface area (Å²) in [5, 5.41) is 0.371. The van der Waals surface area contributed by atoms with Gasteiger partial charge in [0.15, 0.2) is 0 Å². The Kier molecular flexibility index (Phi) is 4.38. The van der Waals surface area contributed by atoms with Crippen molar-refractivity contribution in [2.24, 2.45) is 0 Å². The zero-order chi connectivity index (χ0) is 14.0. The summed E-state index contributed by atoms with van der Waals surface area (Å²) in [5.74, 6) is 0.734. The summed E-state index contributed by atoms with van der Waals surface area (Å²) >= 11 is 12.8. The summed E-state index contributed by atoms with van der Waals surface area (Å²) in [6, 6.07) is 11.9. The largest absolute Gasteiger partial charge is 0.497 e. The Labute approximate surface area is 124 Å². The SMILES string of the molecule is COc1ccc(C(Cl)c2cc(C)cc(C)c2)c(Cl)c1. The summed E-state index contributed by atoms with van der Waals surface area (Å²) in [6.45, 7) is 4.13. The molecular formula is C16H16Cl2O. The monoisotopic (exact) mass is 294 g/mol. The maximum atomic E-state index is 6.55. The van der Waals surface area contributed by atoms with Crippen molar-refractivity contribution >= 4 is 23.2 Å². The zero-order valence-corrected chi connectivity index (χ0v) is 12.7. The molecule has 100 valence electrons. The van der Waals surface area contributed by atoms with Gasteiger partial charge in [-0.15, -0.1) is 11.6 Å². The van der Waals surface area contributed by atoms with Crippen LogP contribution in [0.25, 0.3) is 0 Å². The van der Waals surface area contributed by atoms with E-state index in [1.807, 2.05) is 12.1 Å². The van der Waals surface area contributed by atoms with Crippen LogP contribution < -0.4 is 4.74 Å². The van der Waals surface area contributed by atoms with Gasteiger partial charge in [-0.1, -0.05) is 47.0 Å². The van der Waals surface area contributed by atoms with E-state index >= 15 is 0 Å². The fraction of sp³-hybridized carbons (Fsp3) is 0.250. The number of alkyl halides is 1. The van der Waals surface area contributed by atoms with Gasteiger partial charge in [-0.05, 0) is 37.1 Å². The van der Waals surface area contributed by atoms with Crippen LogP contribution in [0.4, 0.5) is 0 Å². The first-order chi connectivity index (χ1) is 9.01. The van der Waals surface area contributed by atoms with Crippen LogP contribution in [0, 0.1) is 13.8 Å². The molecule has 0 fully saturated rings. The number of hydrogen-bond donors (Lipinski definition) is 0. The van der Waals surface area contributed by atoms with Crippen LogP contribution >= 0.6 is 23.2 Å². The molecule has 2 rings (SSSR count). The smallest absolute Gasteiger partial charge is 0.120 e. The van der Waals surface area contributed by atoms with Crippen LogP contribution in [-0.4, -0.2) is 7.11 Å². The van der Waals surface area contributed by atoms with Crippen LogP contribution in [0.5, 0.6) is 5.75 Å². The highest BCUT2D eigenvalue weighted by Crippen LogP contribution is 2.36. The average molecular weight is 295 g/mol. The van der Waals surface area contributed by atoms with E-state index in [9.17, 15) is 0 Å². The highest BCUT2D eigenvalue weighted by molar-refractivity contribution is 6.33. The number of methoxy groups -OCH3 is 1. The van der Waals surface area contributed by atoms with Gasteiger partial charge in [0.25, 0.3) is 0 Å². The molecule has 0 amide bonds. The lowest BCUT2D eigenvalue weighted by Gasteiger charge is -2.14. The van der Waals surface area contributed by atoms with Gasteiger partial charge in [-0.2, -0.15) is 0 Å². The molecule has 2 aromatic rings. The fourth-order valence-electron chi connectivity index (χ4n) is 2.18. The highest BCUT2D eigenvalue weighted by Gasteiger charge is 2.15. The summed E-state index contributed by atoms with van der Waals surface area (Å²) in [7, 11) is 1.62. The van der Waals surface area contributed by atoms with Gasteiger partial charge >= 0.3 is 0 Å². The molecule has 0 radical (unpaired) electrons. The predicted octanol–water partition coefficient (Wildman–Crippen LogP) is 5.29. The van der Waals surface area contributed by atoms with E-state index in [0.29, 0.717) is 5.02 Å². The van der Waals surface area contributed by atoms with Gasteiger partial charge in [0.1, 0.15) is 5.75 Å². The van der Waals surface area contributed by atoms with Crippen molar-refractivity contribution in [1.29, 1.82) is 0 Å². The molecule has 0 aliphatic rings. The van der Waals surface area contributed by atoms with E-state index in [4.69, 9.17) is 27.9 Å². The number of aryl methyl sites for hydroxylation is 2. The van der Waals surface area contributed by atoms with Crippen molar-refractivity contribution in [3.8, 4) is 5.75 Å². The van der Waals surface area contributed by atoms with Crippen molar-refractivity contribution in [3.05, 3.63) is 63.7 Å². The zero-order valence-electron chi connectivity index (χ0n) is 11.2. The fourth-order valence-corrected chi connectivity index (χ4v) is 2.83. The minimum atomic E-state index is -0.253. The van der Waals surface area contributed by atoms with Gasteiger partial charge in [-0.25, -0.2) is 0 Å². The Bertz CT molecular complexity index is 573. The topological polar surface area (TPSA) is 9.23 Å². The predicted molar refractivity (Wildman–Crippen MR) is 81.6 cm³/mol. The van der Waals surface area contributed by atoms with Crippen molar-refractivity contribution in [1.82, 2.24) is 0 Å². The normalized spacial score (nSPS) is 12.3. The molecule has 0 saturated heterocycles. The molecule has 0 aliphatic heterocycles. The molecule has 0 heterocycles. The molecule has 1 nitrogen and oxygen atoms in total. The molecule has 0 saturated carbocycles. The third-order valence-corrected chi connectivity index (χ3v) is 3.83. The molecule has 1 atom stereocenters. The molecular weight excluding hydrogens is 279 g/mol. The van der Waals surface area contributed by atoms with E-state index < -0.39 is 0 Å². The molecule has 0 aromatic heterocycles. The lowest BCUT2D eigenvalue weighted by atomic mass is 10.00. The lowest BCUT2D eigenvalue weighted by Crippen LogP contribution is -1.96. The Balaban J connectivity index is 2.40. The van der Waals surface area contributed by atoms with Crippen molar-refractivity contribution in [2.75, 3.05) is 7.11 Å². The number of ether oxygens (including phenoxy) is 1. The highest BCUT2D eigenvalue weighted by atomic mass is 35.5. The summed E-state index contributed by atoms with van der Waals surface area (Å²) in [4.78, 5) is 0. The number of hydrogen-bond acceptors (Lipinski definition) is 1. The molecule has 19 heavy (non-hydrogen) atoms.